The van der Waals surface area contributed by atoms with Gasteiger partial charge in [0.1, 0.15) is 5.75 Å². The molecule has 0 fully saturated rings. The van der Waals surface area contributed by atoms with Crippen LogP contribution in [-0.4, -0.2) is 28.6 Å². The van der Waals surface area contributed by atoms with Gasteiger partial charge in [-0.05, 0) is 33.9 Å². The first kappa shape index (κ1) is 23.2. The van der Waals surface area contributed by atoms with Crippen LogP contribution in [0.15, 0.2) is 47.5 Å². The van der Waals surface area contributed by atoms with Gasteiger partial charge in [0.25, 0.3) is 0 Å². The summed E-state index contributed by atoms with van der Waals surface area (Å²) in [5.74, 6) is 0.455. The molecule has 2 N–H and O–H groups in total. The van der Waals surface area contributed by atoms with E-state index in [1.807, 2.05) is 18.2 Å². The predicted octanol–water partition coefficient (Wildman–Crippen LogP) is 5.84. The van der Waals surface area contributed by atoms with E-state index in [9.17, 15) is 10.2 Å². The van der Waals surface area contributed by atoms with Gasteiger partial charge in [0.2, 0.25) is 0 Å². The zero-order valence-corrected chi connectivity index (χ0v) is 19.2. The van der Waals surface area contributed by atoms with Crippen LogP contribution < -0.4 is 0 Å². The Morgan fingerprint density at radius 1 is 0.897 bits per heavy atom. The van der Waals surface area contributed by atoms with Gasteiger partial charge in [0.05, 0.1) is 18.4 Å². The van der Waals surface area contributed by atoms with Crippen molar-refractivity contribution in [3.63, 3.8) is 0 Å². The molecule has 0 bridgehead atoms. The molecule has 3 nitrogen and oxygen atoms in total. The molecular formula is C26H37NO2. The monoisotopic (exact) mass is 395 g/mol. The molecule has 2 rings (SSSR count). The maximum atomic E-state index is 11.1. The molecular weight excluding hydrogens is 358 g/mol. The summed E-state index contributed by atoms with van der Waals surface area (Å²) >= 11 is 0. The SMILES string of the molecule is CC(C)[C@@H](CO)N=C(c1ccc(C(C)(C)C)cc1)c1cccc(C(C)(C)C)c1O. The van der Waals surface area contributed by atoms with E-state index in [-0.39, 0.29) is 35.1 Å². The van der Waals surface area contributed by atoms with E-state index in [1.54, 1.807) is 0 Å². The fourth-order valence-corrected chi connectivity index (χ4v) is 3.33. The number of aliphatic imine (C=N–C) groups is 1. The summed E-state index contributed by atoms with van der Waals surface area (Å²) in [7, 11) is 0. The number of hydrogen-bond donors (Lipinski definition) is 2. The van der Waals surface area contributed by atoms with Gasteiger partial charge < -0.3 is 10.2 Å². The van der Waals surface area contributed by atoms with Crippen LogP contribution in [0.2, 0.25) is 0 Å². The first-order valence-corrected chi connectivity index (χ1v) is 10.5. The summed E-state index contributed by atoms with van der Waals surface area (Å²) in [6.45, 7) is 16.9. The third kappa shape index (κ3) is 5.48. The highest BCUT2D eigenvalue weighted by molar-refractivity contribution is 6.14. The predicted molar refractivity (Wildman–Crippen MR) is 123 cm³/mol. The minimum atomic E-state index is -0.231. The average molecular weight is 396 g/mol. The minimum Gasteiger partial charge on any atom is -0.507 e. The summed E-state index contributed by atoms with van der Waals surface area (Å²) in [4.78, 5) is 4.92. The molecule has 0 heterocycles. The van der Waals surface area contributed by atoms with E-state index < -0.39 is 0 Å². The Balaban J connectivity index is 2.69. The number of nitrogens with zero attached hydrogens (tertiary/aromatic N) is 1. The number of aliphatic hydroxyl groups excluding tert-OH is 1. The van der Waals surface area contributed by atoms with Gasteiger partial charge in [-0.2, -0.15) is 0 Å². The molecule has 2 aromatic carbocycles. The summed E-state index contributed by atoms with van der Waals surface area (Å²) < 4.78 is 0. The van der Waals surface area contributed by atoms with Crippen LogP contribution in [0.25, 0.3) is 0 Å². The van der Waals surface area contributed by atoms with Gasteiger partial charge >= 0.3 is 0 Å². The molecule has 29 heavy (non-hydrogen) atoms. The number of phenols is 1. The van der Waals surface area contributed by atoms with E-state index in [0.29, 0.717) is 5.56 Å². The van der Waals surface area contributed by atoms with E-state index in [1.165, 1.54) is 5.56 Å². The lowest BCUT2D eigenvalue weighted by Crippen LogP contribution is -2.21. The topological polar surface area (TPSA) is 52.8 Å². The molecule has 158 valence electrons. The second-order valence-corrected chi connectivity index (χ2v) is 10.3. The molecule has 2 aromatic rings. The van der Waals surface area contributed by atoms with Crippen molar-refractivity contribution in [3.05, 3.63) is 64.7 Å². The second-order valence-electron chi connectivity index (χ2n) is 10.3. The highest BCUT2D eigenvalue weighted by Gasteiger charge is 2.24. The van der Waals surface area contributed by atoms with E-state index in [4.69, 9.17) is 4.99 Å². The molecule has 0 unspecified atom stereocenters. The Labute approximate surface area is 176 Å². The molecule has 0 aliphatic rings. The van der Waals surface area contributed by atoms with Crippen LogP contribution >= 0.6 is 0 Å². The van der Waals surface area contributed by atoms with Gasteiger partial charge in [-0.15, -0.1) is 0 Å². The lowest BCUT2D eigenvalue weighted by Gasteiger charge is -2.24. The highest BCUT2D eigenvalue weighted by atomic mass is 16.3. The lowest BCUT2D eigenvalue weighted by molar-refractivity contribution is 0.240. The first-order chi connectivity index (χ1) is 13.4. The van der Waals surface area contributed by atoms with Crippen LogP contribution in [0.5, 0.6) is 5.75 Å². The van der Waals surface area contributed by atoms with Gasteiger partial charge in [-0.3, -0.25) is 4.99 Å². The van der Waals surface area contributed by atoms with Crippen LogP contribution in [-0.2, 0) is 10.8 Å². The van der Waals surface area contributed by atoms with Crippen molar-refractivity contribution in [1.82, 2.24) is 0 Å². The van der Waals surface area contributed by atoms with Gasteiger partial charge in [-0.25, -0.2) is 0 Å². The molecule has 0 aliphatic heterocycles. The lowest BCUT2D eigenvalue weighted by atomic mass is 9.83. The van der Waals surface area contributed by atoms with Crippen molar-refractivity contribution in [2.45, 2.75) is 72.3 Å². The number of aliphatic hydroxyl groups is 1. The quantitative estimate of drug-likeness (QED) is 0.625. The summed E-state index contributed by atoms with van der Waals surface area (Å²) in [6.07, 6.45) is 0. The van der Waals surface area contributed by atoms with Crippen LogP contribution in [0.4, 0.5) is 0 Å². The Morgan fingerprint density at radius 3 is 1.93 bits per heavy atom. The average Bonchev–Trinajstić information content (AvgIpc) is 2.61. The maximum Gasteiger partial charge on any atom is 0.128 e. The highest BCUT2D eigenvalue weighted by Crippen LogP contribution is 2.35. The number of aromatic hydroxyl groups is 1. The number of para-hydroxylation sites is 1. The Hall–Kier alpha value is -2.13. The van der Waals surface area contributed by atoms with Crippen molar-refractivity contribution < 1.29 is 10.2 Å². The molecule has 0 amide bonds. The minimum absolute atomic E-state index is 0.0268. The summed E-state index contributed by atoms with van der Waals surface area (Å²) in [5.41, 5.74) is 4.39. The second kappa shape index (κ2) is 8.71. The standard InChI is InChI=1S/C26H37NO2/c1-17(2)22(16-28)27-23(18-12-14-19(15-13-18)25(3,4)5)20-10-9-11-21(24(20)29)26(6,7)8/h9-15,17,22,28-29H,16H2,1-8H3/t22-/m1/s1. The Kier molecular flexibility index (Phi) is 6.95. The number of benzene rings is 2. The fraction of sp³-hybridized carbons (Fsp3) is 0.500. The first-order valence-electron chi connectivity index (χ1n) is 10.5. The summed E-state index contributed by atoms with van der Waals surface area (Å²) in [5, 5.41) is 21.0. The molecule has 3 heteroatoms. The zero-order valence-electron chi connectivity index (χ0n) is 19.2. The Morgan fingerprint density at radius 2 is 1.48 bits per heavy atom. The van der Waals surface area contributed by atoms with Crippen molar-refractivity contribution in [2.24, 2.45) is 10.9 Å². The molecule has 0 spiro atoms. The van der Waals surface area contributed by atoms with Crippen LogP contribution in [0, 0.1) is 5.92 Å². The molecule has 0 aliphatic carbocycles. The number of hydrogen-bond acceptors (Lipinski definition) is 3. The van der Waals surface area contributed by atoms with Crippen molar-refractivity contribution in [2.75, 3.05) is 6.61 Å². The van der Waals surface area contributed by atoms with E-state index in [0.717, 1.165) is 16.8 Å². The van der Waals surface area contributed by atoms with Crippen molar-refractivity contribution in [3.8, 4) is 5.75 Å². The van der Waals surface area contributed by atoms with Crippen molar-refractivity contribution in [1.29, 1.82) is 0 Å². The zero-order chi connectivity index (χ0) is 22.0. The molecule has 1 atom stereocenters. The van der Waals surface area contributed by atoms with Gasteiger partial charge in [0.15, 0.2) is 0 Å². The van der Waals surface area contributed by atoms with Crippen LogP contribution in [0.3, 0.4) is 0 Å². The third-order valence-corrected chi connectivity index (χ3v) is 5.38. The number of rotatable bonds is 5. The Bertz CT molecular complexity index is 850. The fourth-order valence-electron chi connectivity index (χ4n) is 3.33. The maximum absolute atomic E-state index is 11.1. The van der Waals surface area contributed by atoms with Gasteiger partial charge in [-0.1, -0.05) is 91.8 Å². The molecule has 0 saturated carbocycles. The van der Waals surface area contributed by atoms with Gasteiger partial charge in [0, 0.05) is 11.1 Å². The third-order valence-electron chi connectivity index (χ3n) is 5.38. The number of phenolic OH excluding ortho intramolecular Hbond substituents is 1. The smallest absolute Gasteiger partial charge is 0.128 e. The normalized spacial score (nSPS) is 14.3. The molecule has 0 aromatic heterocycles. The van der Waals surface area contributed by atoms with Crippen LogP contribution in [0.1, 0.15) is 77.6 Å². The largest absolute Gasteiger partial charge is 0.507 e. The molecule has 0 saturated heterocycles. The van der Waals surface area contributed by atoms with E-state index in [2.05, 4.69) is 79.7 Å². The summed E-state index contributed by atoms with van der Waals surface area (Å²) in [6, 6.07) is 14.0. The molecule has 0 radical (unpaired) electrons. The van der Waals surface area contributed by atoms with E-state index >= 15 is 0 Å². The van der Waals surface area contributed by atoms with Crippen molar-refractivity contribution >= 4 is 5.71 Å².